The number of aliphatic hydroxyl groups excluding tert-OH is 1. The lowest BCUT2D eigenvalue weighted by molar-refractivity contribution is -0.142. The van der Waals surface area contributed by atoms with Crippen molar-refractivity contribution in [3.63, 3.8) is 0 Å². The molecule has 2 aliphatic heterocycles. The number of para-hydroxylation sites is 2. The summed E-state index contributed by atoms with van der Waals surface area (Å²) in [4.78, 5) is 31.1. The summed E-state index contributed by atoms with van der Waals surface area (Å²) in [5.74, 6) is -1.19. The molecule has 8 heteroatoms. The van der Waals surface area contributed by atoms with Gasteiger partial charge in [-0.2, -0.15) is 0 Å². The van der Waals surface area contributed by atoms with Gasteiger partial charge in [0.15, 0.2) is 0 Å². The molecule has 0 spiro atoms. The quantitative estimate of drug-likeness (QED) is 0.614. The number of hydrogen-bond donors (Lipinski definition) is 1. The Morgan fingerprint density at radius 2 is 1.76 bits per heavy atom. The van der Waals surface area contributed by atoms with Crippen LogP contribution in [0.3, 0.4) is 0 Å². The third-order valence-electron chi connectivity index (χ3n) is 8.10. The maximum Gasteiger partial charge on any atom is 0.267 e. The second kappa shape index (κ2) is 9.82. The zero-order chi connectivity index (χ0) is 23.7. The fourth-order valence-electron chi connectivity index (χ4n) is 6.07. The lowest BCUT2D eigenvalue weighted by Gasteiger charge is -2.37. The topological polar surface area (TPSA) is 73.3 Å². The molecule has 2 unspecified atom stereocenters. The van der Waals surface area contributed by atoms with E-state index in [1.165, 1.54) is 12.8 Å². The van der Waals surface area contributed by atoms with Crippen LogP contribution in [-0.4, -0.2) is 83.9 Å². The number of hydrogen-bond acceptors (Lipinski definition) is 6. The van der Waals surface area contributed by atoms with Gasteiger partial charge in [0.1, 0.15) is 5.75 Å². The van der Waals surface area contributed by atoms with Gasteiger partial charge in [0.05, 0.1) is 23.8 Å². The number of carbonyl (C=O) groups excluding carboxylic acids is 2. The first kappa shape index (κ1) is 23.5. The Morgan fingerprint density at radius 1 is 1.03 bits per heavy atom. The first-order valence-corrected chi connectivity index (χ1v) is 12.9. The molecular formula is C26H36FN3O4. The Bertz CT molecular complexity index is 900. The van der Waals surface area contributed by atoms with E-state index in [4.69, 9.17) is 4.74 Å². The van der Waals surface area contributed by atoms with Gasteiger partial charge in [0.25, 0.3) is 5.91 Å². The third-order valence-corrected chi connectivity index (χ3v) is 8.10. The van der Waals surface area contributed by atoms with E-state index < -0.39 is 29.5 Å². The minimum absolute atomic E-state index is 0.0471. The molecule has 4 aliphatic rings. The number of amides is 2. The molecule has 4 fully saturated rings. The Labute approximate surface area is 200 Å². The van der Waals surface area contributed by atoms with Crippen molar-refractivity contribution < 1.29 is 23.8 Å². The van der Waals surface area contributed by atoms with E-state index in [0.29, 0.717) is 12.5 Å². The SMILES string of the molecule is O=C1C2CC(O)CC[C@@]2(F)C(=O)N1CCCN1CCN(c2ccccc2OC2CCCC2)CC1. The second-order valence-corrected chi connectivity index (χ2v) is 10.3. The molecule has 186 valence electrons. The molecule has 7 nitrogen and oxygen atoms in total. The predicted molar refractivity (Wildman–Crippen MR) is 127 cm³/mol. The number of halogens is 1. The first-order chi connectivity index (χ1) is 16.5. The van der Waals surface area contributed by atoms with Gasteiger partial charge in [0, 0.05) is 32.7 Å². The van der Waals surface area contributed by atoms with Crippen molar-refractivity contribution in [3.05, 3.63) is 24.3 Å². The third kappa shape index (κ3) is 4.54. The predicted octanol–water partition coefficient (Wildman–Crippen LogP) is 2.76. The summed E-state index contributed by atoms with van der Waals surface area (Å²) in [6.45, 7) is 4.56. The number of likely N-dealkylation sites (tertiary alicyclic amines) is 1. The molecular weight excluding hydrogens is 437 g/mol. The van der Waals surface area contributed by atoms with E-state index in [1.54, 1.807) is 0 Å². The molecule has 3 atom stereocenters. The molecule has 2 saturated carbocycles. The summed E-state index contributed by atoms with van der Waals surface area (Å²) >= 11 is 0. The normalized spacial score (nSPS) is 30.8. The Morgan fingerprint density at radius 3 is 2.53 bits per heavy atom. The molecule has 1 N–H and O–H groups in total. The first-order valence-electron chi connectivity index (χ1n) is 12.9. The number of ether oxygens (including phenoxy) is 1. The van der Waals surface area contributed by atoms with Crippen molar-refractivity contribution in [3.8, 4) is 5.75 Å². The summed E-state index contributed by atoms with van der Waals surface area (Å²) in [5, 5.41) is 9.83. The Kier molecular flexibility index (Phi) is 6.80. The molecule has 34 heavy (non-hydrogen) atoms. The standard InChI is InChI=1S/C26H36FN3O4/c27-26-11-10-19(31)18-21(26)24(32)30(25(26)33)13-5-12-28-14-16-29(17-15-28)22-8-3-4-9-23(22)34-20-6-1-2-7-20/h3-4,8-9,19-21,31H,1-2,5-7,10-18H2/t19?,21?,26-/m0/s1. The van der Waals surface area contributed by atoms with Gasteiger partial charge < -0.3 is 14.7 Å². The number of alkyl halides is 1. The number of benzene rings is 1. The van der Waals surface area contributed by atoms with Crippen LogP contribution in [-0.2, 0) is 9.59 Å². The largest absolute Gasteiger partial charge is 0.488 e. The molecule has 0 bridgehead atoms. The van der Waals surface area contributed by atoms with E-state index in [-0.39, 0.29) is 25.8 Å². The smallest absolute Gasteiger partial charge is 0.267 e. The van der Waals surface area contributed by atoms with E-state index in [1.807, 2.05) is 6.07 Å². The maximum atomic E-state index is 15.2. The van der Waals surface area contributed by atoms with Gasteiger partial charge in [-0.15, -0.1) is 0 Å². The number of anilines is 1. The molecule has 0 aromatic heterocycles. The van der Waals surface area contributed by atoms with Crippen LogP contribution in [0.4, 0.5) is 10.1 Å². The summed E-state index contributed by atoms with van der Waals surface area (Å²) in [6.07, 6.45) is 5.24. The van der Waals surface area contributed by atoms with Crippen LogP contribution in [0.25, 0.3) is 0 Å². The van der Waals surface area contributed by atoms with Crippen LogP contribution in [0.2, 0.25) is 0 Å². The van der Waals surface area contributed by atoms with E-state index in [9.17, 15) is 14.7 Å². The highest BCUT2D eigenvalue weighted by molar-refractivity contribution is 6.09. The van der Waals surface area contributed by atoms with Crippen LogP contribution in [0.15, 0.2) is 24.3 Å². The zero-order valence-electron chi connectivity index (χ0n) is 19.8. The second-order valence-electron chi connectivity index (χ2n) is 10.3. The van der Waals surface area contributed by atoms with Gasteiger partial charge in [-0.3, -0.25) is 19.4 Å². The fourth-order valence-corrected chi connectivity index (χ4v) is 6.07. The van der Waals surface area contributed by atoms with Gasteiger partial charge in [-0.25, -0.2) is 4.39 Å². The molecule has 2 amide bonds. The minimum Gasteiger partial charge on any atom is -0.488 e. The van der Waals surface area contributed by atoms with Gasteiger partial charge in [-0.05, 0) is 70.0 Å². The van der Waals surface area contributed by atoms with Gasteiger partial charge in [0.2, 0.25) is 11.6 Å². The average Bonchev–Trinajstić information content (AvgIpc) is 3.42. The molecule has 2 saturated heterocycles. The number of nitrogens with zero attached hydrogens (tertiary/aromatic N) is 3. The zero-order valence-corrected chi connectivity index (χ0v) is 19.8. The Hall–Kier alpha value is -2.19. The van der Waals surface area contributed by atoms with E-state index in [0.717, 1.165) is 61.9 Å². The number of imide groups is 1. The molecule has 0 radical (unpaired) electrons. The van der Waals surface area contributed by atoms with Crippen LogP contribution >= 0.6 is 0 Å². The van der Waals surface area contributed by atoms with Crippen molar-refractivity contribution in [1.82, 2.24) is 9.80 Å². The monoisotopic (exact) mass is 473 g/mol. The van der Waals surface area contributed by atoms with E-state index >= 15 is 4.39 Å². The van der Waals surface area contributed by atoms with Crippen LogP contribution in [0.5, 0.6) is 5.75 Å². The summed E-state index contributed by atoms with van der Waals surface area (Å²) in [5.41, 5.74) is -0.962. The average molecular weight is 474 g/mol. The van der Waals surface area contributed by atoms with Gasteiger partial charge in [-0.1, -0.05) is 12.1 Å². The van der Waals surface area contributed by atoms with Crippen molar-refractivity contribution in [2.75, 3.05) is 44.2 Å². The molecule has 2 heterocycles. The van der Waals surface area contributed by atoms with Crippen LogP contribution in [0, 0.1) is 5.92 Å². The number of rotatable bonds is 7. The van der Waals surface area contributed by atoms with Gasteiger partial charge >= 0.3 is 0 Å². The minimum atomic E-state index is -2.12. The van der Waals surface area contributed by atoms with E-state index in [2.05, 4.69) is 28.0 Å². The number of aliphatic hydroxyl groups is 1. The van der Waals surface area contributed by atoms with Crippen LogP contribution in [0.1, 0.15) is 51.4 Å². The Balaban J connectivity index is 1.10. The lowest BCUT2D eigenvalue weighted by atomic mass is 9.77. The highest BCUT2D eigenvalue weighted by Crippen LogP contribution is 2.44. The van der Waals surface area contributed by atoms with Crippen LogP contribution < -0.4 is 9.64 Å². The van der Waals surface area contributed by atoms with Crippen molar-refractivity contribution in [1.29, 1.82) is 0 Å². The number of carbonyl (C=O) groups is 2. The summed E-state index contributed by atoms with van der Waals surface area (Å²) < 4.78 is 21.5. The molecule has 1 aromatic rings. The molecule has 2 aliphatic carbocycles. The highest BCUT2D eigenvalue weighted by Gasteiger charge is 2.61. The maximum absolute atomic E-state index is 15.2. The van der Waals surface area contributed by atoms with Crippen molar-refractivity contribution >= 4 is 17.5 Å². The molecule has 5 rings (SSSR count). The number of fused-ring (bicyclic) bond motifs is 1. The van der Waals surface area contributed by atoms with Crippen molar-refractivity contribution in [2.24, 2.45) is 5.92 Å². The van der Waals surface area contributed by atoms with Crippen molar-refractivity contribution in [2.45, 2.75) is 69.2 Å². The lowest BCUT2D eigenvalue weighted by Crippen LogP contribution is -2.47. The highest BCUT2D eigenvalue weighted by atomic mass is 19.1. The fraction of sp³-hybridized carbons (Fsp3) is 0.692. The summed E-state index contributed by atoms with van der Waals surface area (Å²) in [6, 6.07) is 8.29. The molecule has 1 aromatic carbocycles. The summed E-state index contributed by atoms with van der Waals surface area (Å²) in [7, 11) is 0. The number of piperazine rings is 1.